The van der Waals surface area contributed by atoms with Gasteiger partial charge in [-0.05, 0) is 83.1 Å². The van der Waals surface area contributed by atoms with Crippen molar-refractivity contribution < 1.29 is 13.6 Å². The molecule has 1 heterocycles. The first-order valence-electron chi connectivity index (χ1n) is 11.4. The zero-order chi connectivity index (χ0) is 22.8. The Labute approximate surface area is 186 Å². The lowest BCUT2D eigenvalue weighted by Gasteiger charge is -2.25. The summed E-state index contributed by atoms with van der Waals surface area (Å²) in [7, 11) is 0. The maximum Gasteiger partial charge on any atom is 0.287 e. The molecular weight excluding hydrogens is 393 g/mol. The zero-order valence-electron chi connectivity index (χ0n) is 19.7. The summed E-state index contributed by atoms with van der Waals surface area (Å²) in [5.41, 5.74) is 0.914. The summed E-state index contributed by atoms with van der Waals surface area (Å²) < 4.78 is 19.3. The van der Waals surface area contributed by atoms with E-state index in [1.807, 2.05) is 19.1 Å². The molecule has 1 atom stereocenters. The van der Waals surface area contributed by atoms with E-state index in [1.165, 1.54) is 6.07 Å². The number of halogens is 1. The topological polar surface area (TPSA) is 48.7 Å². The van der Waals surface area contributed by atoms with E-state index >= 15 is 0 Å². The van der Waals surface area contributed by atoms with Crippen LogP contribution in [0.4, 0.5) is 4.39 Å². The van der Waals surface area contributed by atoms with Crippen LogP contribution in [0.2, 0.25) is 0 Å². The van der Waals surface area contributed by atoms with Gasteiger partial charge >= 0.3 is 0 Å². The molecule has 1 aromatic carbocycles. The lowest BCUT2D eigenvalue weighted by atomic mass is 10.1. The van der Waals surface area contributed by atoms with E-state index in [9.17, 15) is 9.18 Å². The van der Waals surface area contributed by atoms with Crippen LogP contribution in [0.25, 0.3) is 0 Å². The summed E-state index contributed by atoms with van der Waals surface area (Å²) in [6.07, 6.45) is 1.99. The maximum absolute atomic E-state index is 13.5. The van der Waals surface area contributed by atoms with Gasteiger partial charge in [-0.2, -0.15) is 0 Å². The van der Waals surface area contributed by atoms with Crippen LogP contribution in [0.1, 0.15) is 69.3 Å². The van der Waals surface area contributed by atoms with E-state index in [0.29, 0.717) is 18.8 Å². The fourth-order valence-corrected chi connectivity index (χ4v) is 3.60. The van der Waals surface area contributed by atoms with Gasteiger partial charge in [-0.1, -0.05) is 26.0 Å². The van der Waals surface area contributed by atoms with Gasteiger partial charge in [0.15, 0.2) is 5.76 Å². The summed E-state index contributed by atoms with van der Waals surface area (Å²) in [5, 5.41) is 3.03. The van der Waals surface area contributed by atoms with E-state index in [2.05, 4.69) is 42.8 Å². The molecule has 0 aliphatic rings. The predicted octanol–water partition coefficient (Wildman–Crippen LogP) is 5.07. The van der Waals surface area contributed by atoms with Crippen molar-refractivity contribution in [3.05, 3.63) is 59.3 Å². The van der Waals surface area contributed by atoms with Crippen molar-refractivity contribution in [2.75, 3.05) is 19.6 Å². The summed E-state index contributed by atoms with van der Waals surface area (Å²) >= 11 is 0. The number of nitrogens with zero attached hydrogens (tertiary/aromatic N) is 2. The van der Waals surface area contributed by atoms with Gasteiger partial charge in [0.25, 0.3) is 5.91 Å². The van der Waals surface area contributed by atoms with Crippen molar-refractivity contribution in [3.8, 4) is 0 Å². The number of carbonyl (C=O) groups excluding carboxylic acids is 1. The Morgan fingerprint density at radius 3 is 2.48 bits per heavy atom. The molecule has 172 valence electrons. The molecule has 1 N–H and O–H groups in total. The fraction of sp³-hybridized carbons (Fsp3) is 0.560. The third-order valence-corrected chi connectivity index (χ3v) is 5.63. The minimum absolute atomic E-state index is 0.0942. The number of hydrogen-bond donors (Lipinski definition) is 1. The highest BCUT2D eigenvalue weighted by atomic mass is 19.1. The smallest absolute Gasteiger partial charge is 0.287 e. The van der Waals surface area contributed by atoms with Gasteiger partial charge in [-0.3, -0.25) is 9.69 Å². The normalized spacial score (nSPS) is 12.7. The highest BCUT2D eigenvalue weighted by Crippen LogP contribution is 2.16. The molecule has 31 heavy (non-hydrogen) atoms. The third-order valence-electron chi connectivity index (χ3n) is 5.63. The van der Waals surface area contributed by atoms with Crippen molar-refractivity contribution in [2.45, 2.75) is 72.6 Å². The van der Waals surface area contributed by atoms with Gasteiger partial charge in [-0.15, -0.1) is 0 Å². The second-order valence-electron chi connectivity index (χ2n) is 8.44. The standard InChI is InChI=1S/C25H38FN3O2/c1-6-28(7-2)15-9-10-20(5)27-25(30)24-14-13-23(31-24)18-29(19(3)4)17-21-11-8-12-22(26)16-21/h8,11-14,16,19-20H,6-7,9-10,15,17-18H2,1-5H3,(H,27,30)/t20-/m0/s1. The van der Waals surface area contributed by atoms with E-state index in [-0.39, 0.29) is 23.8 Å². The third kappa shape index (κ3) is 8.46. The van der Waals surface area contributed by atoms with E-state index in [1.54, 1.807) is 18.2 Å². The number of nitrogens with one attached hydrogen (secondary N) is 1. The molecule has 1 aromatic heterocycles. The summed E-state index contributed by atoms with van der Waals surface area (Å²) in [4.78, 5) is 17.1. The lowest BCUT2D eigenvalue weighted by Crippen LogP contribution is -2.33. The SMILES string of the molecule is CCN(CC)CCC[C@H](C)NC(=O)c1ccc(CN(Cc2cccc(F)c2)C(C)C)o1. The summed E-state index contributed by atoms with van der Waals surface area (Å²) in [6, 6.07) is 10.6. The van der Waals surface area contributed by atoms with Crippen LogP contribution in [0.3, 0.4) is 0 Å². The minimum Gasteiger partial charge on any atom is -0.455 e. The van der Waals surface area contributed by atoms with Crippen molar-refractivity contribution in [3.63, 3.8) is 0 Å². The van der Waals surface area contributed by atoms with Crippen molar-refractivity contribution in [2.24, 2.45) is 0 Å². The lowest BCUT2D eigenvalue weighted by molar-refractivity contribution is 0.0903. The van der Waals surface area contributed by atoms with Crippen molar-refractivity contribution >= 4 is 5.91 Å². The second kappa shape index (κ2) is 12.6. The Bertz CT molecular complexity index is 802. The molecule has 0 aliphatic heterocycles. The maximum atomic E-state index is 13.5. The van der Waals surface area contributed by atoms with Crippen molar-refractivity contribution in [1.29, 1.82) is 0 Å². The first-order valence-corrected chi connectivity index (χ1v) is 11.4. The van der Waals surface area contributed by atoms with Crippen molar-refractivity contribution in [1.82, 2.24) is 15.1 Å². The number of furan rings is 1. The number of benzene rings is 1. The Morgan fingerprint density at radius 1 is 1.10 bits per heavy atom. The van der Waals surface area contributed by atoms with Crippen LogP contribution >= 0.6 is 0 Å². The number of rotatable bonds is 13. The molecular formula is C25H38FN3O2. The van der Waals surface area contributed by atoms with Crippen LogP contribution in [-0.4, -0.2) is 47.4 Å². The van der Waals surface area contributed by atoms with Crippen LogP contribution < -0.4 is 5.32 Å². The molecule has 2 rings (SSSR count). The number of carbonyl (C=O) groups is 1. The molecule has 5 nitrogen and oxygen atoms in total. The number of hydrogen-bond acceptors (Lipinski definition) is 4. The predicted molar refractivity (Wildman–Crippen MR) is 123 cm³/mol. The highest BCUT2D eigenvalue weighted by Gasteiger charge is 2.17. The molecule has 0 unspecified atom stereocenters. The molecule has 2 aromatic rings. The first kappa shape index (κ1) is 25.1. The molecule has 0 radical (unpaired) electrons. The molecule has 0 saturated heterocycles. The molecule has 0 fully saturated rings. The van der Waals surface area contributed by atoms with Gasteiger partial charge in [0.1, 0.15) is 11.6 Å². The quantitative estimate of drug-likeness (QED) is 0.481. The van der Waals surface area contributed by atoms with Crippen LogP contribution in [0, 0.1) is 5.82 Å². The Hall–Kier alpha value is -2.18. The summed E-state index contributed by atoms with van der Waals surface area (Å²) in [5.74, 6) is 0.650. The van der Waals surface area contributed by atoms with Gasteiger partial charge in [0.2, 0.25) is 0 Å². The first-order chi connectivity index (χ1) is 14.8. The molecule has 1 amide bonds. The van der Waals surface area contributed by atoms with Gasteiger partial charge in [0, 0.05) is 18.6 Å². The van der Waals surface area contributed by atoms with Gasteiger partial charge < -0.3 is 14.6 Å². The Balaban J connectivity index is 1.88. The second-order valence-corrected chi connectivity index (χ2v) is 8.44. The van der Waals surface area contributed by atoms with E-state index < -0.39 is 0 Å². The van der Waals surface area contributed by atoms with E-state index in [0.717, 1.165) is 43.8 Å². The molecule has 0 spiro atoms. The van der Waals surface area contributed by atoms with Crippen LogP contribution in [0.15, 0.2) is 40.8 Å². The summed E-state index contributed by atoms with van der Waals surface area (Å²) in [6.45, 7) is 14.9. The van der Waals surface area contributed by atoms with Crippen LogP contribution in [0.5, 0.6) is 0 Å². The molecule has 0 saturated carbocycles. The monoisotopic (exact) mass is 431 g/mol. The molecule has 0 aliphatic carbocycles. The largest absolute Gasteiger partial charge is 0.455 e. The Kier molecular flexibility index (Phi) is 10.2. The average Bonchev–Trinajstić information content (AvgIpc) is 3.19. The minimum atomic E-state index is -0.232. The fourth-order valence-electron chi connectivity index (χ4n) is 3.60. The van der Waals surface area contributed by atoms with Crippen LogP contribution in [-0.2, 0) is 13.1 Å². The van der Waals surface area contributed by atoms with E-state index in [4.69, 9.17) is 4.42 Å². The highest BCUT2D eigenvalue weighted by molar-refractivity contribution is 5.91. The van der Waals surface area contributed by atoms with Gasteiger partial charge in [-0.25, -0.2) is 4.39 Å². The number of amides is 1. The average molecular weight is 432 g/mol. The van der Waals surface area contributed by atoms with Gasteiger partial charge in [0.05, 0.1) is 6.54 Å². The molecule has 6 heteroatoms. The Morgan fingerprint density at radius 2 is 1.84 bits per heavy atom. The zero-order valence-corrected chi connectivity index (χ0v) is 19.7. The molecule has 0 bridgehead atoms.